The molecule has 0 fully saturated rings. The summed E-state index contributed by atoms with van der Waals surface area (Å²) in [7, 11) is 0. The zero-order valence-corrected chi connectivity index (χ0v) is 12.5. The predicted molar refractivity (Wildman–Crippen MR) is 82.5 cm³/mol. The Hall–Kier alpha value is -1.62. The lowest BCUT2D eigenvalue weighted by atomic mass is 10.1. The van der Waals surface area contributed by atoms with E-state index >= 15 is 0 Å². The van der Waals surface area contributed by atoms with Crippen LogP contribution in [0.25, 0.3) is 0 Å². The Morgan fingerprint density at radius 2 is 1.95 bits per heavy atom. The first kappa shape index (κ1) is 16.4. The number of nitrogen functional groups attached to an aromatic ring is 1. The number of carbonyl (C=O) groups excluding carboxylic acids is 1. The van der Waals surface area contributed by atoms with Gasteiger partial charge in [-0.3, -0.25) is 15.6 Å². The van der Waals surface area contributed by atoms with Crippen molar-refractivity contribution in [2.75, 3.05) is 12.0 Å². The molecule has 1 rings (SSSR count). The molecule has 0 bridgehead atoms. The number of amides is 1. The Bertz CT molecular complexity index is 420. The predicted octanol–water partition coefficient (Wildman–Crippen LogP) is 2.77. The summed E-state index contributed by atoms with van der Waals surface area (Å²) < 4.78 is 0. The van der Waals surface area contributed by atoms with Gasteiger partial charge < -0.3 is 10.7 Å². The lowest BCUT2D eigenvalue weighted by Gasteiger charge is -2.10. The van der Waals surface area contributed by atoms with Crippen LogP contribution in [0.2, 0.25) is 0 Å². The number of anilines is 1. The van der Waals surface area contributed by atoms with Gasteiger partial charge >= 0.3 is 0 Å². The first-order valence-corrected chi connectivity index (χ1v) is 7.40. The highest BCUT2D eigenvalue weighted by Gasteiger charge is 2.11. The minimum absolute atomic E-state index is 0.126. The van der Waals surface area contributed by atoms with Gasteiger partial charge in [-0.25, -0.2) is 0 Å². The van der Waals surface area contributed by atoms with E-state index in [2.05, 4.69) is 22.7 Å². The number of nitrogens with zero attached hydrogens (tertiary/aromatic N) is 1. The maximum absolute atomic E-state index is 12.0. The maximum Gasteiger partial charge on any atom is 0.255 e. The van der Waals surface area contributed by atoms with E-state index in [4.69, 9.17) is 5.84 Å². The van der Waals surface area contributed by atoms with Crippen molar-refractivity contribution in [1.29, 1.82) is 0 Å². The first-order chi connectivity index (χ1) is 9.69. The largest absolute Gasteiger partial charge is 0.352 e. The Morgan fingerprint density at radius 1 is 1.25 bits per heavy atom. The van der Waals surface area contributed by atoms with Gasteiger partial charge in [0.15, 0.2) is 0 Å². The molecule has 0 unspecified atom stereocenters. The van der Waals surface area contributed by atoms with Crippen molar-refractivity contribution >= 4 is 11.6 Å². The molecule has 0 atom stereocenters. The number of aromatic nitrogens is 1. The van der Waals surface area contributed by atoms with Crippen LogP contribution < -0.4 is 16.6 Å². The number of hydrogen-bond acceptors (Lipinski definition) is 4. The van der Waals surface area contributed by atoms with Crippen LogP contribution in [0.1, 0.15) is 61.5 Å². The van der Waals surface area contributed by atoms with E-state index in [9.17, 15) is 4.79 Å². The summed E-state index contributed by atoms with van der Waals surface area (Å²) in [6.45, 7) is 4.76. The van der Waals surface area contributed by atoms with Crippen LogP contribution in [0.4, 0.5) is 5.69 Å². The van der Waals surface area contributed by atoms with E-state index in [1.807, 2.05) is 6.92 Å². The number of nitrogens with two attached hydrogens (primary N) is 1. The van der Waals surface area contributed by atoms with Crippen LogP contribution in [0, 0.1) is 6.92 Å². The van der Waals surface area contributed by atoms with E-state index in [1.165, 1.54) is 25.7 Å². The van der Waals surface area contributed by atoms with Crippen LogP contribution in [0.5, 0.6) is 0 Å². The molecule has 4 N–H and O–H groups in total. The normalized spacial score (nSPS) is 10.3. The minimum atomic E-state index is -0.126. The molecular formula is C15H26N4O. The smallest absolute Gasteiger partial charge is 0.255 e. The summed E-state index contributed by atoms with van der Waals surface area (Å²) in [6, 6.07) is 1.76. The highest BCUT2D eigenvalue weighted by molar-refractivity contribution is 5.99. The molecule has 0 aliphatic carbocycles. The highest BCUT2D eigenvalue weighted by Crippen LogP contribution is 2.14. The van der Waals surface area contributed by atoms with Crippen LogP contribution >= 0.6 is 0 Å². The highest BCUT2D eigenvalue weighted by atomic mass is 16.1. The zero-order valence-electron chi connectivity index (χ0n) is 12.5. The Balaban J connectivity index is 2.32. The first-order valence-electron chi connectivity index (χ1n) is 7.40. The summed E-state index contributed by atoms with van der Waals surface area (Å²) in [5.41, 5.74) is 4.46. The molecule has 0 aromatic carbocycles. The molecule has 0 radical (unpaired) electrons. The van der Waals surface area contributed by atoms with Gasteiger partial charge in [0, 0.05) is 18.4 Å². The van der Waals surface area contributed by atoms with Gasteiger partial charge in [-0.1, -0.05) is 39.0 Å². The van der Waals surface area contributed by atoms with E-state index in [1.54, 1.807) is 12.3 Å². The molecule has 1 heterocycles. The molecular weight excluding hydrogens is 252 g/mol. The molecule has 0 spiro atoms. The standard InChI is InChI=1S/C15H26N4O/c1-3-4-5-6-7-8-9-17-15(20)13-11-18-12(2)10-14(13)19-16/h10-11H,3-9,16H2,1-2H3,(H,17,20)(H,18,19). The Morgan fingerprint density at radius 3 is 2.65 bits per heavy atom. The number of carbonyl (C=O) groups is 1. The minimum Gasteiger partial charge on any atom is -0.352 e. The average Bonchev–Trinajstić information content (AvgIpc) is 2.45. The number of unbranched alkanes of at least 4 members (excludes halogenated alkanes) is 5. The van der Waals surface area contributed by atoms with Crippen LogP contribution in [0.3, 0.4) is 0 Å². The molecule has 5 nitrogen and oxygen atoms in total. The summed E-state index contributed by atoms with van der Waals surface area (Å²) in [6.07, 6.45) is 8.81. The molecule has 0 aliphatic rings. The molecule has 1 aromatic heterocycles. The Labute approximate surface area is 121 Å². The van der Waals surface area contributed by atoms with Crippen molar-refractivity contribution in [3.8, 4) is 0 Å². The third kappa shape index (κ3) is 5.57. The topological polar surface area (TPSA) is 80.0 Å². The maximum atomic E-state index is 12.0. The summed E-state index contributed by atoms with van der Waals surface area (Å²) in [4.78, 5) is 16.2. The zero-order chi connectivity index (χ0) is 14.8. The van der Waals surface area contributed by atoms with E-state index < -0.39 is 0 Å². The van der Waals surface area contributed by atoms with Crippen molar-refractivity contribution in [1.82, 2.24) is 10.3 Å². The molecule has 0 saturated heterocycles. The van der Waals surface area contributed by atoms with Crippen LogP contribution in [-0.4, -0.2) is 17.4 Å². The molecule has 0 saturated carbocycles. The van der Waals surface area contributed by atoms with Gasteiger partial charge in [0.1, 0.15) is 0 Å². The summed E-state index contributed by atoms with van der Waals surface area (Å²) in [5, 5.41) is 2.91. The van der Waals surface area contributed by atoms with Crippen molar-refractivity contribution in [3.05, 3.63) is 23.5 Å². The number of hydrazine groups is 1. The van der Waals surface area contributed by atoms with Crippen LogP contribution in [-0.2, 0) is 0 Å². The lowest BCUT2D eigenvalue weighted by molar-refractivity contribution is 0.0953. The molecule has 20 heavy (non-hydrogen) atoms. The van der Waals surface area contributed by atoms with Gasteiger partial charge in [0.25, 0.3) is 5.91 Å². The van der Waals surface area contributed by atoms with Crippen molar-refractivity contribution in [3.63, 3.8) is 0 Å². The molecule has 1 amide bonds. The fourth-order valence-corrected chi connectivity index (χ4v) is 2.06. The molecule has 0 aliphatic heterocycles. The fraction of sp³-hybridized carbons (Fsp3) is 0.600. The summed E-state index contributed by atoms with van der Waals surface area (Å²) >= 11 is 0. The monoisotopic (exact) mass is 278 g/mol. The quantitative estimate of drug-likeness (QED) is 0.368. The fourth-order valence-electron chi connectivity index (χ4n) is 2.06. The number of rotatable bonds is 9. The Kier molecular flexibility index (Phi) is 7.65. The summed E-state index contributed by atoms with van der Waals surface area (Å²) in [5.74, 6) is 5.30. The second-order valence-electron chi connectivity index (χ2n) is 5.04. The van der Waals surface area contributed by atoms with Gasteiger partial charge in [0.05, 0.1) is 11.3 Å². The van der Waals surface area contributed by atoms with E-state index in [0.29, 0.717) is 17.8 Å². The SMILES string of the molecule is CCCCCCCCNC(=O)c1cnc(C)cc1NN. The van der Waals surface area contributed by atoms with Gasteiger partial charge in [-0.15, -0.1) is 0 Å². The van der Waals surface area contributed by atoms with Gasteiger partial charge in [-0.05, 0) is 19.4 Å². The molecule has 1 aromatic rings. The van der Waals surface area contributed by atoms with E-state index in [0.717, 1.165) is 18.5 Å². The van der Waals surface area contributed by atoms with Crippen LogP contribution in [0.15, 0.2) is 12.3 Å². The van der Waals surface area contributed by atoms with Crippen molar-refractivity contribution in [2.45, 2.75) is 52.4 Å². The van der Waals surface area contributed by atoms with Gasteiger partial charge in [-0.2, -0.15) is 0 Å². The number of hydrogen-bond donors (Lipinski definition) is 3. The molecule has 5 heteroatoms. The van der Waals surface area contributed by atoms with Gasteiger partial charge in [0.2, 0.25) is 0 Å². The number of pyridine rings is 1. The third-order valence-corrected chi connectivity index (χ3v) is 3.26. The number of nitrogens with one attached hydrogen (secondary N) is 2. The van der Waals surface area contributed by atoms with E-state index in [-0.39, 0.29) is 5.91 Å². The lowest BCUT2D eigenvalue weighted by Crippen LogP contribution is -2.26. The average molecular weight is 278 g/mol. The second-order valence-corrected chi connectivity index (χ2v) is 5.04. The molecule has 112 valence electrons. The van der Waals surface area contributed by atoms with Crippen molar-refractivity contribution < 1.29 is 4.79 Å². The number of aryl methyl sites for hydroxylation is 1. The van der Waals surface area contributed by atoms with Crippen molar-refractivity contribution in [2.24, 2.45) is 5.84 Å². The second kappa shape index (κ2) is 9.31. The third-order valence-electron chi connectivity index (χ3n) is 3.26.